The number of methoxy groups -OCH3 is 1. The molecule has 1 spiro atoms. The number of benzene rings is 1. The molecule has 0 bridgehead atoms. The molecule has 2 heterocycles. The van der Waals surface area contributed by atoms with Crippen molar-refractivity contribution in [3.8, 4) is 0 Å². The molecule has 4 rings (SSSR count). The molecule has 6 heteroatoms. The smallest absolute Gasteiger partial charge is 0.356 e. The average molecular weight is 401 g/mol. The molecule has 25 heavy (non-hydrogen) atoms. The summed E-state index contributed by atoms with van der Waals surface area (Å²) in [6.07, 6.45) is 2.19. The third-order valence-electron chi connectivity index (χ3n) is 4.97. The number of hydrogen-bond donors (Lipinski definition) is 0. The molecule has 1 aliphatic heterocycles. The molecule has 1 saturated carbocycles. The van der Waals surface area contributed by atoms with Crippen LogP contribution in [-0.4, -0.2) is 35.4 Å². The zero-order valence-electron chi connectivity index (χ0n) is 13.8. The Morgan fingerprint density at radius 1 is 1.32 bits per heavy atom. The van der Waals surface area contributed by atoms with Crippen molar-refractivity contribution in [2.75, 3.05) is 13.7 Å². The van der Waals surface area contributed by atoms with Crippen LogP contribution in [0.2, 0.25) is 0 Å². The number of pyridine rings is 1. The number of carbonyl (C=O) groups excluding carboxylic acids is 2. The molecule has 0 saturated heterocycles. The lowest BCUT2D eigenvalue weighted by Crippen LogP contribution is -2.43. The molecule has 0 unspecified atom stereocenters. The van der Waals surface area contributed by atoms with Crippen LogP contribution in [0.3, 0.4) is 0 Å². The van der Waals surface area contributed by atoms with E-state index in [1.807, 2.05) is 23.1 Å². The summed E-state index contributed by atoms with van der Waals surface area (Å²) in [4.78, 5) is 30.7. The van der Waals surface area contributed by atoms with Crippen LogP contribution in [0, 0.1) is 0 Å². The van der Waals surface area contributed by atoms with Crippen molar-refractivity contribution < 1.29 is 14.3 Å². The fraction of sp³-hybridized carbons (Fsp3) is 0.316. The lowest BCUT2D eigenvalue weighted by atomic mass is 9.86. The molecule has 2 aromatic rings. The summed E-state index contributed by atoms with van der Waals surface area (Å²) >= 11 is 3.51. The predicted octanol–water partition coefficient (Wildman–Crippen LogP) is 3.32. The number of nitrogens with zero attached hydrogens (tertiary/aromatic N) is 2. The van der Waals surface area contributed by atoms with Crippen molar-refractivity contribution >= 4 is 27.8 Å². The molecule has 1 aromatic carbocycles. The molecule has 1 aliphatic carbocycles. The van der Waals surface area contributed by atoms with E-state index in [-0.39, 0.29) is 17.0 Å². The van der Waals surface area contributed by atoms with E-state index in [1.165, 1.54) is 7.11 Å². The normalized spacial score (nSPS) is 17.4. The number of amides is 1. The summed E-state index contributed by atoms with van der Waals surface area (Å²) in [5.41, 5.74) is 2.95. The monoisotopic (exact) mass is 400 g/mol. The second-order valence-corrected chi connectivity index (χ2v) is 7.55. The molecule has 1 fully saturated rings. The molecule has 2 aliphatic rings. The standard InChI is InChI=1S/C19H17BrN2O3/c1-25-18(24)16-4-2-3-13(21-16)10-22-11-19(7-8-19)15-9-12(20)5-6-14(15)17(22)23/h2-6,9H,7-8,10-11H2,1H3. The molecular formula is C19H17BrN2O3. The summed E-state index contributed by atoms with van der Waals surface area (Å²) in [7, 11) is 1.33. The van der Waals surface area contributed by atoms with Gasteiger partial charge in [-0.25, -0.2) is 9.78 Å². The van der Waals surface area contributed by atoms with Crippen LogP contribution in [0.15, 0.2) is 40.9 Å². The van der Waals surface area contributed by atoms with E-state index < -0.39 is 5.97 Å². The minimum atomic E-state index is -0.472. The molecule has 128 valence electrons. The SMILES string of the molecule is COC(=O)c1cccc(CN2CC3(CC3)c3cc(Br)ccc3C2=O)n1. The van der Waals surface area contributed by atoms with Gasteiger partial charge in [-0.1, -0.05) is 22.0 Å². The van der Waals surface area contributed by atoms with Gasteiger partial charge in [0.2, 0.25) is 0 Å². The van der Waals surface area contributed by atoms with Gasteiger partial charge in [-0.3, -0.25) is 4.79 Å². The molecular weight excluding hydrogens is 384 g/mol. The van der Waals surface area contributed by atoms with Crippen LogP contribution in [0.25, 0.3) is 0 Å². The first-order chi connectivity index (χ1) is 12.0. The fourth-order valence-electron chi connectivity index (χ4n) is 3.52. The topological polar surface area (TPSA) is 59.5 Å². The highest BCUT2D eigenvalue weighted by Gasteiger charge is 2.51. The lowest BCUT2D eigenvalue weighted by Gasteiger charge is -2.34. The van der Waals surface area contributed by atoms with Crippen molar-refractivity contribution in [2.45, 2.75) is 24.8 Å². The Kier molecular flexibility index (Phi) is 3.87. The maximum Gasteiger partial charge on any atom is 0.356 e. The van der Waals surface area contributed by atoms with Gasteiger partial charge in [0.25, 0.3) is 5.91 Å². The summed E-state index contributed by atoms with van der Waals surface area (Å²) in [5, 5.41) is 0. The molecule has 1 aromatic heterocycles. The first-order valence-corrected chi connectivity index (χ1v) is 8.95. The van der Waals surface area contributed by atoms with Gasteiger partial charge in [-0.05, 0) is 48.7 Å². The van der Waals surface area contributed by atoms with Crippen molar-refractivity contribution in [2.24, 2.45) is 0 Å². The van der Waals surface area contributed by atoms with Gasteiger partial charge in [0.05, 0.1) is 19.3 Å². The van der Waals surface area contributed by atoms with Crippen LogP contribution in [0.1, 0.15) is 44.9 Å². The Hall–Kier alpha value is -2.21. The largest absolute Gasteiger partial charge is 0.464 e. The van der Waals surface area contributed by atoms with Gasteiger partial charge in [0.15, 0.2) is 0 Å². The number of halogens is 1. The highest BCUT2D eigenvalue weighted by atomic mass is 79.9. The zero-order valence-corrected chi connectivity index (χ0v) is 15.4. The van der Waals surface area contributed by atoms with Gasteiger partial charge >= 0.3 is 5.97 Å². The third-order valence-corrected chi connectivity index (χ3v) is 5.47. The maximum atomic E-state index is 12.9. The molecule has 5 nitrogen and oxygen atoms in total. The van der Waals surface area contributed by atoms with E-state index in [0.29, 0.717) is 18.8 Å². The van der Waals surface area contributed by atoms with Gasteiger partial charge in [-0.2, -0.15) is 0 Å². The second-order valence-electron chi connectivity index (χ2n) is 6.64. The van der Waals surface area contributed by atoms with Crippen molar-refractivity contribution in [1.29, 1.82) is 0 Å². The highest BCUT2D eigenvalue weighted by molar-refractivity contribution is 9.10. The fourth-order valence-corrected chi connectivity index (χ4v) is 3.88. The van der Waals surface area contributed by atoms with Gasteiger partial charge in [-0.15, -0.1) is 0 Å². The Morgan fingerprint density at radius 2 is 2.12 bits per heavy atom. The van der Waals surface area contributed by atoms with E-state index in [1.54, 1.807) is 12.1 Å². The van der Waals surface area contributed by atoms with Crippen LogP contribution in [0.4, 0.5) is 0 Å². The first-order valence-electron chi connectivity index (χ1n) is 8.16. The maximum absolute atomic E-state index is 12.9. The number of ether oxygens (including phenoxy) is 1. The Labute approximate surface area is 154 Å². The molecule has 0 radical (unpaired) electrons. The van der Waals surface area contributed by atoms with E-state index in [2.05, 4.69) is 27.0 Å². The van der Waals surface area contributed by atoms with E-state index in [9.17, 15) is 9.59 Å². The van der Waals surface area contributed by atoms with Crippen molar-refractivity contribution in [1.82, 2.24) is 9.88 Å². The summed E-state index contributed by atoms with van der Waals surface area (Å²) in [5.74, 6) is -0.453. The quantitative estimate of drug-likeness (QED) is 0.741. The number of rotatable bonds is 3. The van der Waals surface area contributed by atoms with E-state index in [0.717, 1.165) is 28.4 Å². The first kappa shape index (κ1) is 16.3. The Bertz CT molecular complexity index is 877. The molecule has 0 atom stereocenters. The number of aromatic nitrogens is 1. The number of carbonyl (C=O) groups is 2. The van der Waals surface area contributed by atoms with E-state index >= 15 is 0 Å². The number of fused-ring (bicyclic) bond motifs is 2. The second kappa shape index (κ2) is 5.95. The summed E-state index contributed by atoms with van der Waals surface area (Å²) in [6, 6.07) is 11.1. The third kappa shape index (κ3) is 2.84. The molecule has 0 N–H and O–H groups in total. The minimum Gasteiger partial charge on any atom is -0.464 e. The number of esters is 1. The van der Waals surface area contributed by atoms with E-state index in [4.69, 9.17) is 4.74 Å². The van der Waals surface area contributed by atoms with Gasteiger partial charge in [0.1, 0.15) is 5.69 Å². The Morgan fingerprint density at radius 3 is 2.84 bits per heavy atom. The van der Waals surface area contributed by atoms with Crippen molar-refractivity contribution in [3.63, 3.8) is 0 Å². The van der Waals surface area contributed by atoms with Crippen LogP contribution < -0.4 is 0 Å². The average Bonchev–Trinajstić information content (AvgIpc) is 3.39. The van der Waals surface area contributed by atoms with Gasteiger partial charge in [0, 0.05) is 22.0 Å². The van der Waals surface area contributed by atoms with Crippen LogP contribution >= 0.6 is 15.9 Å². The van der Waals surface area contributed by atoms with Gasteiger partial charge < -0.3 is 9.64 Å². The van der Waals surface area contributed by atoms with Crippen LogP contribution in [-0.2, 0) is 16.7 Å². The van der Waals surface area contributed by atoms with Crippen LogP contribution in [0.5, 0.6) is 0 Å². The van der Waals surface area contributed by atoms with Crippen molar-refractivity contribution in [3.05, 3.63) is 63.4 Å². The Balaban J connectivity index is 1.64. The number of hydrogen-bond acceptors (Lipinski definition) is 4. The lowest BCUT2D eigenvalue weighted by molar-refractivity contribution is 0.0593. The highest BCUT2D eigenvalue weighted by Crippen LogP contribution is 2.52. The summed E-state index contributed by atoms with van der Waals surface area (Å²) in [6.45, 7) is 1.08. The molecule has 1 amide bonds. The predicted molar refractivity (Wildman–Crippen MR) is 95.4 cm³/mol. The minimum absolute atomic E-state index is 0.0188. The summed E-state index contributed by atoms with van der Waals surface area (Å²) < 4.78 is 5.72. The zero-order chi connectivity index (χ0) is 17.6.